The van der Waals surface area contributed by atoms with Crippen LogP contribution < -0.4 is 0 Å². The minimum atomic E-state index is 0.932. The SMILES string of the molecule is Cn1c2c(c3ccccc31)CCN=C2. The fourth-order valence-electron chi connectivity index (χ4n) is 2.25. The minimum absolute atomic E-state index is 0.932. The summed E-state index contributed by atoms with van der Waals surface area (Å²) in [6.45, 7) is 0.932. The molecule has 1 aromatic heterocycles. The second kappa shape index (κ2) is 2.71. The standard InChI is InChI=1S/C12H12N2/c1-14-11-5-3-2-4-9(11)10-6-7-13-8-12(10)14/h2-5,8H,6-7H2,1H3. The van der Waals surface area contributed by atoms with Crippen LogP contribution in [0.25, 0.3) is 10.9 Å². The molecule has 0 bridgehead atoms. The lowest BCUT2D eigenvalue weighted by molar-refractivity contribution is 0.897. The van der Waals surface area contributed by atoms with E-state index in [1.807, 2.05) is 6.21 Å². The Kier molecular flexibility index (Phi) is 1.51. The molecule has 14 heavy (non-hydrogen) atoms. The monoisotopic (exact) mass is 184 g/mol. The molecule has 0 amide bonds. The van der Waals surface area contributed by atoms with Crippen molar-refractivity contribution in [3.05, 3.63) is 35.5 Å². The van der Waals surface area contributed by atoms with Gasteiger partial charge in [0.05, 0.1) is 5.69 Å². The summed E-state index contributed by atoms with van der Waals surface area (Å²) in [5, 5.41) is 1.39. The lowest BCUT2D eigenvalue weighted by Gasteiger charge is -2.06. The second-order valence-corrected chi connectivity index (χ2v) is 3.73. The Hall–Kier alpha value is -1.57. The van der Waals surface area contributed by atoms with E-state index in [9.17, 15) is 0 Å². The summed E-state index contributed by atoms with van der Waals surface area (Å²) in [6, 6.07) is 8.56. The van der Waals surface area contributed by atoms with Crippen LogP contribution in [0, 0.1) is 0 Å². The van der Waals surface area contributed by atoms with Crippen LogP contribution >= 0.6 is 0 Å². The average molecular weight is 184 g/mol. The quantitative estimate of drug-likeness (QED) is 0.597. The van der Waals surface area contributed by atoms with Crippen LogP contribution in [-0.2, 0) is 13.5 Å². The molecule has 2 aromatic rings. The summed E-state index contributed by atoms with van der Waals surface area (Å²) < 4.78 is 2.23. The summed E-state index contributed by atoms with van der Waals surface area (Å²) in [5.74, 6) is 0. The van der Waals surface area contributed by atoms with Crippen molar-refractivity contribution in [3.63, 3.8) is 0 Å². The van der Waals surface area contributed by atoms with Crippen molar-refractivity contribution >= 4 is 17.1 Å². The molecule has 2 heterocycles. The zero-order chi connectivity index (χ0) is 9.54. The van der Waals surface area contributed by atoms with Crippen molar-refractivity contribution in [2.45, 2.75) is 6.42 Å². The van der Waals surface area contributed by atoms with Gasteiger partial charge in [-0.1, -0.05) is 18.2 Å². The fourth-order valence-corrected chi connectivity index (χ4v) is 2.25. The van der Waals surface area contributed by atoms with Crippen molar-refractivity contribution in [2.24, 2.45) is 12.0 Å². The molecule has 0 spiro atoms. The van der Waals surface area contributed by atoms with Gasteiger partial charge < -0.3 is 4.57 Å². The highest BCUT2D eigenvalue weighted by Gasteiger charge is 2.14. The number of hydrogen-bond acceptors (Lipinski definition) is 1. The molecule has 0 saturated carbocycles. The number of nitrogens with zero attached hydrogens (tertiary/aromatic N) is 2. The van der Waals surface area contributed by atoms with Crippen molar-refractivity contribution < 1.29 is 0 Å². The lowest BCUT2D eigenvalue weighted by atomic mass is 10.1. The van der Waals surface area contributed by atoms with Crippen LogP contribution in [0.15, 0.2) is 29.3 Å². The normalized spacial score (nSPS) is 14.6. The number of benzene rings is 1. The molecular weight excluding hydrogens is 172 g/mol. The van der Waals surface area contributed by atoms with Gasteiger partial charge in [0, 0.05) is 30.7 Å². The molecule has 0 fully saturated rings. The molecular formula is C12H12N2. The van der Waals surface area contributed by atoms with Crippen molar-refractivity contribution in [1.29, 1.82) is 0 Å². The highest BCUT2D eigenvalue weighted by molar-refractivity contribution is 5.95. The van der Waals surface area contributed by atoms with Crippen LogP contribution in [-0.4, -0.2) is 17.3 Å². The summed E-state index contributed by atoms with van der Waals surface area (Å²) in [7, 11) is 2.11. The number of aliphatic imine (C=N–C) groups is 1. The zero-order valence-electron chi connectivity index (χ0n) is 8.20. The first-order chi connectivity index (χ1) is 6.88. The van der Waals surface area contributed by atoms with Gasteiger partial charge in [-0.05, 0) is 18.1 Å². The van der Waals surface area contributed by atoms with Gasteiger partial charge in [-0.15, -0.1) is 0 Å². The molecule has 3 rings (SSSR count). The first-order valence-electron chi connectivity index (χ1n) is 4.94. The highest BCUT2D eigenvalue weighted by atomic mass is 15.0. The van der Waals surface area contributed by atoms with Crippen LogP contribution in [0.2, 0.25) is 0 Å². The maximum atomic E-state index is 4.33. The van der Waals surface area contributed by atoms with Crippen LogP contribution in [0.4, 0.5) is 0 Å². The van der Waals surface area contributed by atoms with Gasteiger partial charge in [-0.3, -0.25) is 4.99 Å². The first kappa shape index (κ1) is 7.80. The molecule has 1 aromatic carbocycles. The third-order valence-electron chi connectivity index (χ3n) is 2.97. The van der Waals surface area contributed by atoms with Gasteiger partial charge in [-0.25, -0.2) is 0 Å². The predicted molar refractivity (Wildman–Crippen MR) is 59.1 cm³/mol. The maximum Gasteiger partial charge on any atom is 0.0629 e. The van der Waals surface area contributed by atoms with Crippen molar-refractivity contribution in [3.8, 4) is 0 Å². The second-order valence-electron chi connectivity index (χ2n) is 3.73. The molecule has 0 N–H and O–H groups in total. The number of fused-ring (bicyclic) bond motifs is 3. The van der Waals surface area contributed by atoms with Gasteiger partial charge in [0.25, 0.3) is 0 Å². The maximum absolute atomic E-state index is 4.33. The molecule has 0 unspecified atom stereocenters. The Morgan fingerprint density at radius 1 is 1.29 bits per heavy atom. The van der Waals surface area contributed by atoms with E-state index in [0.717, 1.165) is 13.0 Å². The molecule has 0 atom stereocenters. The van der Waals surface area contributed by atoms with E-state index in [2.05, 4.69) is 40.9 Å². The molecule has 2 heteroatoms. The molecule has 0 aliphatic carbocycles. The average Bonchev–Trinajstić information content (AvgIpc) is 2.55. The summed E-state index contributed by atoms with van der Waals surface area (Å²) in [5.41, 5.74) is 4.04. The van der Waals surface area contributed by atoms with Crippen molar-refractivity contribution in [1.82, 2.24) is 4.57 Å². The van der Waals surface area contributed by atoms with E-state index >= 15 is 0 Å². The largest absolute Gasteiger partial charge is 0.343 e. The number of hydrogen-bond donors (Lipinski definition) is 0. The van der Waals surface area contributed by atoms with Crippen LogP contribution in [0.3, 0.4) is 0 Å². The molecule has 0 saturated heterocycles. The van der Waals surface area contributed by atoms with Crippen LogP contribution in [0.1, 0.15) is 11.3 Å². The summed E-state index contributed by atoms with van der Waals surface area (Å²) in [6.07, 6.45) is 3.08. The Morgan fingerprint density at radius 3 is 3.07 bits per heavy atom. The van der Waals surface area contributed by atoms with E-state index in [0.29, 0.717) is 0 Å². The predicted octanol–water partition coefficient (Wildman–Crippen LogP) is 2.15. The first-order valence-corrected chi connectivity index (χ1v) is 4.94. The smallest absolute Gasteiger partial charge is 0.0629 e. The summed E-state index contributed by atoms with van der Waals surface area (Å²) in [4.78, 5) is 4.33. The topological polar surface area (TPSA) is 17.3 Å². The third kappa shape index (κ3) is 0.882. The Morgan fingerprint density at radius 2 is 2.14 bits per heavy atom. The minimum Gasteiger partial charge on any atom is -0.343 e. The molecule has 1 aliphatic heterocycles. The van der Waals surface area contributed by atoms with E-state index in [1.54, 1.807) is 0 Å². The third-order valence-corrected chi connectivity index (χ3v) is 2.97. The Balaban J connectivity index is 2.48. The lowest BCUT2D eigenvalue weighted by Crippen LogP contribution is -2.04. The van der Waals surface area contributed by atoms with E-state index < -0.39 is 0 Å². The van der Waals surface area contributed by atoms with Gasteiger partial charge >= 0.3 is 0 Å². The number of rotatable bonds is 0. The number of para-hydroxylation sites is 1. The van der Waals surface area contributed by atoms with Crippen LogP contribution in [0.5, 0.6) is 0 Å². The van der Waals surface area contributed by atoms with Gasteiger partial charge in [0.2, 0.25) is 0 Å². The Labute approximate surface area is 82.9 Å². The number of aryl methyl sites for hydroxylation is 1. The number of aromatic nitrogens is 1. The fraction of sp³-hybridized carbons (Fsp3) is 0.250. The summed E-state index contributed by atoms with van der Waals surface area (Å²) >= 11 is 0. The van der Waals surface area contributed by atoms with Gasteiger partial charge in [-0.2, -0.15) is 0 Å². The Bertz CT molecular complexity index is 520. The van der Waals surface area contributed by atoms with Gasteiger partial charge in [0.1, 0.15) is 0 Å². The van der Waals surface area contributed by atoms with E-state index in [-0.39, 0.29) is 0 Å². The van der Waals surface area contributed by atoms with Gasteiger partial charge in [0.15, 0.2) is 0 Å². The highest BCUT2D eigenvalue weighted by Crippen LogP contribution is 2.26. The molecule has 2 nitrogen and oxygen atoms in total. The zero-order valence-corrected chi connectivity index (χ0v) is 8.20. The molecule has 70 valence electrons. The molecule has 0 radical (unpaired) electrons. The van der Waals surface area contributed by atoms with Crippen molar-refractivity contribution in [2.75, 3.05) is 6.54 Å². The van der Waals surface area contributed by atoms with E-state index in [4.69, 9.17) is 0 Å². The van der Waals surface area contributed by atoms with E-state index in [1.165, 1.54) is 22.2 Å². The molecule has 1 aliphatic rings.